The van der Waals surface area contributed by atoms with Crippen LogP contribution in [0.15, 0.2) is 53.5 Å². The molecule has 1 aliphatic rings. The molecule has 0 atom stereocenters. The standard InChI is InChI=1S/C22H28ClN5O/c1-3-25-22(26-16-17-8-10-18(11-9-17)21(29)24-2)28-14-12-27(13-15-28)20-7-5-4-6-19(20)23/h4-11H,3,12-16H2,1-2H3,(H,24,29)(H,25,26). The number of piperazine rings is 1. The number of hydrogen-bond acceptors (Lipinski definition) is 3. The Bertz CT molecular complexity index is 845. The number of nitrogens with zero attached hydrogens (tertiary/aromatic N) is 3. The first kappa shape index (κ1) is 21.0. The van der Waals surface area contributed by atoms with Gasteiger partial charge in [-0.3, -0.25) is 4.79 Å². The first-order valence-corrected chi connectivity index (χ1v) is 10.3. The molecule has 2 aromatic rings. The minimum absolute atomic E-state index is 0.0789. The molecular formula is C22H28ClN5O. The number of carbonyl (C=O) groups excluding carboxylic acids is 1. The number of rotatable bonds is 5. The molecule has 1 saturated heterocycles. The number of benzene rings is 2. The average Bonchev–Trinajstić information content (AvgIpc) is 2.77. The van der Waals surface area contributed by atoms with Gasteiger partial charge in [-0.1, -0.05) is 35.9 Å². The quantitative estimate of drug-likeness (QED) is 0.584. The molecule has 1 amide bonds. The molecule has 0 saturated carbocycles. The Balaban J connectivity index is 1.62. The Kier molecular flexibility index (Phi) is 7.36. The van der Waals surface area contributed by atoms with Crippen molar-refractivity contribution in [2.45, 2.75) is 13.5 Å². The van der Waals surface area contributed by atoms with E-state index in [2.05, 4.69) is 33.4 Å². The van der Waals surface area contributed by atoms with E-state index in [1.54, 1.807) is 7.05 Å². The minimum Gasteiger partial charge on any atom is -0.367 e. The lowest BCUT2D eigenvalue weighted by Gasteiger charge is -2.38. The van der Waals surface area contributed by atoms with Crippen LogP contribution in [0, 0.1) is 0 Å². The molecule has 1 aliphatic heterocycles. The maximum atomic E-state index is 11.7. The molecule has 154 valence electrons. The summed E-state index contributed by atoms with van der Waals surface area (Å²) >= 11 is 6.35. The lowest BCUT2D eigenvalue weighted by Crippen LogP contribution is -2.52. The molecule has 29 heavy (non-hydrogen) atoms. The monoisotopic (exact) mass is 413 g/mol. The molecule has 0 aliphatic carbocycles. The van der Waals surface area contributed by atoms with Gasteiger partial charge >= 0.3 is 0 Å². The van der Waals surface area contributed by atoms with E-state index in [-0.39, 0.29) is 5.91 Å². The van der Waals surface area contributed by atoms with Crippen LogP contribution in [0.4, 0.5) is 5.69 Å². The number of halogens is 1. The normalized spacial score (nSPS) is 14.7. The Morgan fingerprint density at radius 3 is 2.38 bits per heavy atom. The predicted octanol–water partition coefficient (Wildman–Crippen LogP) is 2.99. The molecule has 2 N–H and O–H groups in total. The third-order valence-electron chi connectivity index (χ3n) is 4.96. The van der Waals surface area contributed by atoms with Crippen LogP contribution in [0.5, 0.6) is 0 Å². The number of carbonyl (C=O) groups is 1. The van der Waals surface area contributed by atoms with Crippen molar-refractivity contribution in [1.82, 2.24) is 15.5 Å². The zero-order chi connectivity index (χ0) is 20.6. The number of aliphatic imine (C=N–C) groups is 1. The smallest absolute Gasteiger partial charge is 0.251 e. The molecule has 3 rings (SSSR count). The van der Waals surface area contributed by atoms with Crippen LogP contribution in [0.25, 0.3) is 0 Å². The first-order valence-electron chi connectivity index (χ1n) is 9.96. The summed E-state index contributed by atoms with van der Waals surface area (Å²) < 4.78 is 0. The van der Waals surface area contributed by atoms with Crippen LogP contribution < -0.4 is 15.5 Å². The number of guanidine groups is 1. The van der Waals surface area contributed by atoms with Crippen LogP contribution in [0.2, 0.25) is 5.02 Å². The van der Waals surface area contributed by atoms with Crippen LogP contribution in [0.1, 0.15) is 22.8 Å². The summed E-state index contributed by atoms with van der Waals surface area (Å²) in [5, 5.41) is 6.82. The Morgan fingerprint density at radius 2 is 1.76 bits per heavy atom. The minimum atomic E-state index is -0.0789. The number of amides is 1. The van der Waals surface area contributed by atoms with Crippen molar-refractivity contribution in [2.75, 3.05) is 44.7 Å². The Hall–Kier alpha value is -2.73. The van der Waals surface area contributed by atoms with Gasteiger partial charge in [0.1, 0.15) is 0 Å². The van der Waals surface area contributed by atoms with E-state index in [1.165, 1.54) is 0 Å². The molecule has 0 bridgehead atoms. The average molecular weight is 414 g/mol. The second kappa shape index (κ2) is 10.2. The maximum absolute atomic E-state index is 11.7. The number of para-hydroxylation sites is 1. The van der Waals surface area contributed by atoms with E-state index in [4.69, 9.17) is 16.6 Å². The molecule has 0 aromatic heterocycles. The van der Waals surface area contributed by atoms with Gasteiger partial charge in [0.2, 0.25) is 0 Å². The SMILES string of the molecule is CCNC(=NCc1ccc(C(=O)NC)cc1)N1CCN(c2ccccc2Cl)CC1. The second-order valence-corrected chi connectivity index (χ2v) is 7.28. The molecule has 2 aromatic carbocycles. The second-order valence-electron chi connectivity index (χ2n) is 6.87. The Labute approximate surface area is 177 Å². The van der Waals surface area contributed by atoms with Crippen molar-refractivity contribution in [2.24, 2.45) is 4.99 Å². The molecular weight excluding hydrogens is 386 g/mol. The van der Waals surface area contributed by atoms with Gasteiger partial charge in [-0.15, -0.1) is 0 Å². The fraction of sp³-hybridized carbons (Fsp3) is 0.364. The summed E-state index contributed by atoms with van der Waals surface area (Å²) in [5.74, 6) is 0.839. The zero-order valence-corrected chi connectivity index (χ0v) is 17.7. The summed E-state index contributed by atoms with van der Waals surface area (Å²) in [6.07, 6.45) is 0. The molecule has 0 unspecified atom stereocenters. The summed E-state index contributed by atoms with van der Waals surface area (Å²) in [5.41, 5.74) is 2.82. The highest BCUT2D eigenvalue weighted by Gasteiger charge is 2.21. The highest BCUT2D eigenvalue weighted by molar-refractivity contribution is 6.33. The third kappa shape index (κ3) is 5.41. The van der Waals surface area contributed by atoms with Gasteiger partial charge in [0.15, 0.2) is 5.96 Å². The van der Waals surface area contributed by atoms with Crippen LogP contribution in [0.3, 0.4) is 0 Å². The summed E-state index contributed by atoms with van der Waals surface area (Å²) in [7, 11) is 1.63. The van der Waals surface area contributed by atoms with Crippen molar-refractivity contribution in [1.29, 1.82) is 0 Å². The van der Waals surface area contributed by atoms with Gasteiger partial charge < -0.3 is 20.4 Å². The highest BCUT2D eigenvalue weighted by Crippen LogP contribution is 2.26. The number of anilines is 1. The van der Waals surface area contributed by atoms with Crippen molar-refractivity contribution < 1.29 is 4.79 Å². The van der Waals surface area contributed by atoms with E-state index in [0.29, 0.717) is 12.1 Å². The summed E-state index contributed by atoms with van der Waals surface area (Å²) in [6, 6.07) is 15.6. The van der Waals surface area contributed by atoms with Crippen molar-refractivity contribution in [3.63, 3.8) is 0 Å². The van der Waals surface area contributed by atoms with Gasteiger partial charge in [-0.25, -0.2) is 4.99 Å². The number of hydrogen-bond donors (Lipinski definition) is 2. The summed E-state index contributed by atoms with van der Waals surface area (Å²) in [6.45, 7) is 7.03. The van der Waals surface area contributed by atoms with Crippen molar-refractivity contribution >= 4 is 29.2 Å². The fourth-order valence-corrected chi connectivity index (χ4v) is 3.62. The fourth-order valence-electron chi connectivity index (χ4n) is 3.37. The summed E-state index contributed by atoms with van der Waals surface area (Å²) in [4.78, 5) is 21.1. The van der Waals surface area contributed by atoms with Crippen LogP contribution in [-0.4, -0.2) is 56.5 Å². The third-order valence-corrected chi connectivity index (χ3v) is 5.28. The highest BCUT2D eigenvalue weighted by atomic mass is 35.5. The largest absolute Gasteiger partial charge is 0.367 e. The van der Waals surface area contributed by atoms with E-state index in [9.17, 15) is 4.79 Å². The van der Waals surface area contributed by atoms with E-state index < -0.39 is 0 Å². The van der Waals surface area contributed by atoms with E-state index in [1.807, 2.05) is 42.5 Å². The van der Waals surface area contributed by atoms with Gasteiger partial charge in [-0.2, -0.15) is 0 Å². The van der Waals surface area contributed by atoms with Crippen LogP contribution in [-0.2, 0) is 6.54 Å². The molecule has 0 spiro atoms. The molecule has 7 heteroatoms. The van der Waals surface area contributed by atoms with Gasteiger partial charge in [0.25, 0.3) is 5.91 Å². The lowest BCUT2D eigenvalue weighted by atomic mass is 10.1. The first-order chi connectivity index (χ1) is 14.1. The van der Waals surface area contributed by atoms with Crippen LogP contribution >= 0.6 is 11.6 Å². The molecule has 0 radical (unpaired) electrons. The Morgan fingerprint density at radius 1 is 1.07 bits per heavy atom. The zero-order valence-electron chi connectivity index (χ0n) is 17.0. The van der Waals surface area contributed by atoms with Crippen molar-refractivity contribution in [3.8, 4) is 0 Å². The van der Waals surface area contributed by atoms with E-state index >= 15 is 0 Å². The molecule has 1 fully saturated rings. The molecule has 6 nitrogen and oxygen atoms in total. The maximum Gasteiger partial charge on any atom is 0.251 e. The lowest BCUT2D eigenvalue weighted by molar-refractivity contribution is 0.0963. The van der Waals surface area contributed by atoms with Gasteiger partial charge in [0, 0.05) is 45.3 Å². The predicted molar refractivity (Wildman–Crippen MR) is 120 cm³/mol. The van der Waals surface area contributed by atoms with Gasteiger partial charge in [0.05, 0.1) is 17.3 Å². The topological polar surface area (TPSA) is 60.0 Å². The van der Waals surface area contributed by atoms with Gasteiger partial charge in [-0.05, 0) is 36.8 Å². The van der Waals surface area contributed by atoms with Crippen molar-refractivity contribution in [3.05, 3.63) is 64.7 Å². The molecule has 1 heterocycles. The van der Waals surface area contributed by atoms with E-state index in [0.717, 1.165) is 55.0 Å². The number of nitrogens with one attached hydrogen (secondary N) is 2.